The number of hydrogen-bond donors (Lipinski definition) is 1. The number of piperidine rings is 1. The molecule has 4 heteroatoms. The molecular formula is C19H19N3O. The Bertz CT molecular complexity index is 872. The number of rotatable bonds is 2. The van der Waals surface area contributed by atoms with E-state index in [9.17, 15) is 4.79 Å². The van der Waals surface area contributed by atoms with Crippen LogP contribution in [0.4, 0.5) is 5.69 Å². The lowest BCUT2D eigenvalue weighted by atomic mass is 9.90. The molecule has 3 heterocycles. The Balaban J connectivity index is 1.72. The fraction of sp³-hybridized carbons (Fsp3) is 0.263. The molecule has 116 valence electrons. The second-order valence-electron chi connectivity index (χ2n) is 6.14. The van der Waals surface area contributed by atoms with E-state index in [0.29, 0.717) is 5.92 Å². The molecular weight excluding hydrogens is 286 g/mol. The standard InChI is InChI=1S/C19H19N3O/c23-19-11-18(16-8-9-20-12-17(16)21-19)22-10-4-7-15(13-22)14-5-2-1-3-6-14/h1-3,5-6,8-9,11-12,15H,4,7,10,13H2,(H,21,23). The number of fused-ring (bicyclic) bond motifs is 1. The molecule has 1 aliphatic heterocycles. The number of pyridine rings is 2. The minimum Gasteiger partial charge on any atom is -0.370 e. The van der Waals surface area contributed by atoms with Crippen LogP contribution in [0.25, 0.3) is 10.9 Å². The zero-order valence-electron chi connectivity index (χ0n) is 12.9. The molecule has 0 radical (unpaired) electrons. The van der Waals surface area contributed by atoms with E-state index in [0.717, 1.165) is 36.1 Å². The summed E-state index contributed by atoms with van der Waals surface area (Å²) < 4.78 is 0. The first-order valence-corrected chi connectivity index (χ1v) is 8.08. The van der Waals surface area contributed by atoms with Gasteiger partial charge in [0.05, 0.1) is 17.4 Å². The monoisotopic (exact) mass is 305 g/mol. The highest BCUT2D eigenvalue weighted by Gasteiger charge is 2.23. The Morgan fingerprint density at radius 1 is 1.17 bits per heavy atom. The van der Waals surface area contributed by atoms with Gasteiger partial charge in [0.1, 0.15) is 0 Å². The molecule has 1 N–H and O–H groups in total. The van der Waals surface area contributed by atoms with Crippen LogP contribution in [0, 0.1) is 0 Å². The third kappa shape index (κ3) is 2.72. The molecule has 1 aliphatic rings. The van der Waals surface area contributed by atoms with Gasteiger partial charge >= 0.3 is 0 Å². The summed E-state index contributed by atoms with van der Waals surface area (Å²) >= 11 is 0. The molecule has 2 aromatic heterocycles. The highest BCUT2D eigenvalue weighted by molar-refractivity contribution is 5.90. The lowest BCUT2D eigenvalue weighted by molar-refractivity contribution is 0.511. The Hall–Kier alpha value is -2.62. The molecule has 4 rings (SSSR count). The molecule has 0 amide bonds. The summed E-state index contributed by atoms with van der Waals surface area (Å²) in [5.74, 6) is 0.515. The highest BCUT2D eigenvalue weighted by atomic mass is 16.1. The molecule has 1 saturated heterocycles. The molecule has 1 aromatic carbocycles. The van der Waals surface area contributed by atoms with Gasteiger partial charge in [-0.2, -0.15) is 0 Å². The summed E-state index contributed by atoms with van der Waals surface area (Å²) in [6, 6.07) is 14.4. The van der Waals surface area contributed by atoms with Crippen LogP contribution in [0.5, 0.6) is 0 Å². The molecule has 23 heavy (non-hydrogen) atoms. The quantitative estimate of drug-likeness (QED) is 0.790. The maximum absolute atomic E-state index is 12.0. The summed E-state index contributed by atoms with van der Waals surface area (Å²) in [7, 11) is 0. The van der Waals surface area contributed by atoms with Gasteiger partial charge in [-0.25, -0.2) is 0 Å². The summed E-state index contributed by atoms with van der Waals surface area (Å²) in [6.45, 7) is 1.94. The Morgan fingerprint density at radius 3 is 2.91 bits per heavy atom. The largest absolute Gasteiger partial charge is 0.370 e. The predicted molar refractivity (Wildman–Crippen MR) is 93.0 cm³/mol. The van der Waals surface area contributed by atoms with Crippen molar-refractivity contribution in [1.82, 2.24) is 9.97 Å². The number of anilines is 1. The van der Waals surface area contributed by atoms with Crippen LogP contribution in [0.1, 0.15) is 24.3 Å². The minimum atomic E-state index is -0.0673. The lowest BCUT2D eigenvalue weighted by Gasteiger charge is -2.35. The average molecular weight is 305 g/mol. The van der Waals surface area contributed by atoms with Gasteiger partial charge in [-0.3, -0.25) is 9.78 Å². The Morgan fingerprint density at radius 2 is 2.04 bits per heavy atom. The number of H-pyrrole nitrogens is 1. The highest BCUT2D eigenvalue weighted by Crippen LogP contribution is 2.32. The summed E-state index contributed by atoms with van der Waals surface area (Å²) in [6.07, 6.45) is 5.84. The van der Waals surface area contributed by atoms with Gasteiger partial charge in [0.25, 0.3) is 5.56 Å². The second-order valence-corrected chi connectivity index (χ2v) is 6.14. The maximum Gasteiger partial charge on any atom is 0.250 e. The van der Waals surface area contributed by atoms with Crippen molar-refractivity contribution in [1.29, 1.82) is 0 Å². The van der Waals surface area contributed by atoms with Crippen LogP contribution in [0.3, 0.4) is 0 Å². The van der Waals surface area contributed by atoms with Gasteiger partial charge in [-0.1, -0.05) is 30.3 Å². The lowest BCUT2D eigenvalue weighted by Crippen LogP contribution is -2.35. The maximum atomic E-state index is 12.0. The SMILES string of the molecule is O=c1cc(N2CCCC(c3ccccc3)C2)c2ccncc2[nH]1. The number of aromatic amines is 1. The summed E-state index contributed by atoms with van der Waals surface area (Å²) in [4.78, 5) is 21.3. The number of hydrogen-bond acceptors (Lipinski definition) is 3. The fourth-order valence-electron chi connectivity index (χ4n) is 3.54. The zero-order valence-corrected chi connectivity index (χ0v) is 12.9. The molecule has 0 spiro atoms. The average Bonchev–Trinajstić information content (AvgIpc) is 2.62. The van der Waals surface area contributed by atoms with Crippen LogP contribution < -0.4 is 10.5 Å². The van der Waals surface area contributed by atoms with Gasteiger partial charge in [-0.05, 0) is 24.5 Å². The van der Waals surface area contributed by atoms with E-state index in [4.69, 9.17) is 0 Å². The molecule has 0 bridgehead atoms. The zero-order chi connectivity index (χ0) is 15.6. The van der Waals surface area contributed by atoms with Crippen molar-refractivity contribution < 1.29 is 0 Å². The van der Waals surface area contributed by atoms with E-state index >= 15 is 0 Å². The van der Waals surface area contributed by atoms with Gasteiger partial charge in [0.15, 0.2) is 0 Å². The summed E-state index contributed by atoms with van der Waals surface area (Å²) in [5, 5.41) is 1.06. The number of aromatic nitrogens is 2. The van der Waals surface area contributed by atoms with Gasteiger partial charge in [-0.15, -0.1) is 0 Å². The van der Waals surface area contributed by atoms with Crippen molar-refractivity contribution in [3.8, 4) is 0 Å². The topological polar surface area (TPSA) is 49.0 Å². The fourth-order valence-corrected chi connectivity index (χ4v) is 3.54. The normalized spacial score (nSPS) is 18.3. The Kier molecular flexibility index (Phi) is 3.58. The van der Waals surface area contributed by atoms with Gasteiger partial charge < -0.3 is 9.88 Å². The number of nitrogens with one attached hydrogen (secondary N) is 1. The minimum absolute atomic E-state index is 0.0673. The van der Waals surface area contributed by atoms with E-state index in [1.54, 1.807) is 18.5 Å². The van der Waals surface area contributed by atoms with Crippen molar-refractivity contribution in [2.24, 2.45) is 0 Å². The van der Waals surface area contributed by atoms with Crippen molar-refractivity contribution >= 4 is 16.6 Å². The van der Waals surface area contributed by atoms with Crippen LogP contribution in [-0.4, -0.2) is 23.1 Å². The summed E-state index contributed by atoms with van der Waals surface area (Å²) in [5.41, 5.74) is 3.14. The van der Waals surface area contributed by atoms with Crippen molar-refractivity contribution in [3.05, 3.63) is 70.8 Å². The van der Waals surface area contributed by atoms with E-state index < -0.39 is 0 Å². The van der Waals surface area contributed by atoms with E-state index in [-0.39, 0.29) is 5.56 Å². The first-order valence-electron chi connectivity index (χ1n) is 8.08. The smallest absolute Gasteiger partial charge is 0.250 e. The van der Waals surface area contributed by atoms with E-state index in [1.165, 1.54) is 12.0 Å². The third-order valence-electron chi connectivity index (χ3n) is 4.66. The Labute approximate surface area is 134 Å². The first-order chi connectivity index (χ1) is 11.3. The van der Waals surface area contributed by atoms with Crippen LogP contribution in [-0.2, 0) is 0 Å². The van der Waals surface area contributed by atoms with E-state index in [2.05, 4.69) is 45.2 Å². The van der Waals surface area contributed by atoms with Crippen LogP contribution in [0.15, 0.2) is 59.7 Å². The van der Waals surface area contributed by atoms with Crippen LogP contribution >= 0.6 is 0 Å². The van der Waals surface area contributed by atoms with Crippen molar-refractivity contribution in [2.75, 3.05) is 18.0 Å². The number of benzene rings is 1. The molecule has 1 atom stereocenters. The van der Waals surface area contributed by atoms with E-state index in [1.807, 2.05) is 6.07 Å². The van der Waals surface area contributed by atoms with Gasteiger partial charge in [0.2, 0.25) is 0 Å². The second kappa shape index (κ2) is 5.88. The predicted octanol–water partition coefficient (Wildman–Crippen LogP) is 3.31. The molecule has 0 saturated carbocycles. The van der Waals surface area contributed by atoms with Crippen LogP contribution in [0.2, 0.25) is 0 Å². The third-order valence-corrected chi connectivity index (χ3v) is 4.66. The molecule has 1 unspecified atom stereocenters. The molecule has 4 nitrogen and oxygen atoms in total. The van der Waals surface area contributed by atoms with Gasteiger partial charge in [0, 0.05) is 36.7 Å². The van der Waals surface area contributed by atoms with Crippen molar-refractivity contribution in [3.63, 3.8) is 0 Å². The molecule has 1 fully saturated rings. The first kappa shape index (κ1) is 14.0. The number of nitrogens with zero attached hydrogens (tertiary/aromatic N) is 2. The van der Waals surface area contributed by atoms with Crippen molar-refractivity contribution in [2.45, 2.75) is 18.8 Å². The molecule has 3 aromatic rings. The molecule has 0 aliphatic carbocycles.